The maximum absolute atomic E-state index is 13.9. The number of nitrogens with one attached hydrogen (secondary N) is 4. The highest BCUT2D eigenvalue weighted by atomic mass is 35.5. The predicted molar refractivity (Wildman–Crippen MR) is 197 cm³/mol. The fraction of sp³-hybridized carbons (Fsp3) is 0.351. The molecule has 0 radical (unpaired) electrons. The Labute approximate surface area is 297 Å². The van der Waals surface area contributed by atoms with Crippen LogP contribution in [0.3, 0.4) is 0 Å². The van der Waals surface area contributed by atoms with E-state index in [4.69, 9.17) is 23.2 Å². The van der Waals surface area contributed by atoms with E-state index in [9.17, 15) is 9.65 Å². The van der Waals surface area contributed by atoms with Crippen LogP contribution in [-0.4, -0.2) is 58.6 Å². The molecule has 1 atom stereocenters. The molecule has 0 bridgehead atoms. The van der Waals surface area contributed by atoms with E-state index in [1.807, 2.05) is 12.1 Å². The van der Waals surface area contributed by atoms with Gasteiger partial charge in [-0.1, -0.05) is 47.5 Å². The third-order valence-corrected chi connectivity index (χ3v) is 9.66. The number of pyridine rings is 1. The number of hydrazine groups is 2. The molecule has 256 valence electrons. The highest BCUT2D eigenvalue weighted by Gasteiger charge is 2.32. The highest BCUT2D eigenvalue weighted by Crippen LogP contribution is 2.38. The first-order chi connectivity index (χ1) is 23.4. The molecule has 0 spiro atoms. The lowest BCUT2D eigenvalue weighted by Crippen LogP contribution is -2.52. The molecule has 1 fully saturated rings. The van der Waals surface area contributed by atoms with Crippen LogP contribution in [0.2, 0.25) is 10.0 Å². The number of aromatic nitrogens is 1. The van der Waals surface area contributed by atoms with Gasteiger partial charge in [0.1, 0.15) is 11.9 Å². The molecule has 12 heteroatoms. The van der Waals surface area contributed by atoms with Gasteiger partial charge >= 0.3 is 0 Å². The van der Waals surface area contributed by atoms with Crippen molar-refractivity contribution >= 4 is 51.2 Å². The van der Waals surface area contributed by atoms with Crippen LogP contribution in [0.15, 0.2) is 72.7 Å². The third-order valence-electron chi connectivity index (χ3n) is 9.08. The van der Waals surface area contributed by atoms with Crippen LogP contribution in [0.25, 0.3) is 10.9 Å². The number of halogens is 3. The quantitative estimate of drug-likeness (QED) is 0.139. The molecule has 2 aliphatic rings. The molecular formula is C37H42Cl2FN9. The van der Waals surface area contributed by atoms with Crippen LogP contribution < -0.4 is 21.6 Å². The van der Waals surface area contributed by atoms with Gasteiger partial charge < -0.3 is 21.0 Å². The summed E-state index contributed by atoms with van der Waals surface area (Å²) in [6, 6.07) is 19.0. The fourth-order valence-electron chi connectivity index (χ4n) is 6.47. The molecule has 1 aromatic heterocycles. The summed E-state index contributed by atoms with van der Waals surface area (Å²) < 4.78 is 13.9. The van der Waals surface area contributed by atoms with Gasteiger partial charge in [-0.15, -0.1) is 5.53 Å². The average Bonchev–Trinajstić information content (AvgIpc) is 3.56. The van der Waals surface area contributed by atoms with E-state index in [-0.39, 0.29) is 16.6 Å². The molecule has 0 aliphatic carbocycles. The van der Waals surface area contributed by atoms with E-state index >= 15 is 0 Å². The zero-order valence-electron chi connectivity index (χ0n) is 28.4. The first-order valence-corrected chi connectivity index (χ1v) is 17.2. The van der Waals surface area contributed by atoms with Crippen molar-refractivity contribution in [3.05, 3.63) is 105 Å². The standard InChI is InChI=1S/C37H42Cl2FN9/c1-37(2,3)48-14-12-28(13-15-48)49-22-33(45-46-49)35(24-8-6-23(7-9-24)21-47(4)5)44-27-16-29-34(43-26-10-11-32(40)30(38)17-26)25(19-41)20-42-36(29)31(39)18-27/h6-11,16-18,20,22,28,35,44-46H,12-15,21H2,1-5H3,(H,42,43)/t35-/m0/s1. The summed E-state index contributed by atoms with van der Waals surface area (Å²) in [5.74, 6) is -0.527. The van der Waals surface area contributed by atoms with Gasteiger partial charge in [0.05, 0.1) is 38.6 Å². The molecule has 4 aromatic rings. The number of fused-ring (bicyclic) bond motifs is 1. The molecule has 3 heterocycles. The van der Waals surface area contributed by atoms with Crippen molar-refractivity contribution in [2.75, 3.05) is 37.8 Å². The summed E-state index contributed by atoms with van der Waals surface area (Å²) in [6.45, 7) is 9.74. The summed E-state index contributed by atoms with van der Waals surface area (Å²) in [5, 5.41) is 20.2. The molecule has 49 heavy (non-hydrogen) atoms. The van der Waals surface area contributed by atoms with Gasteiger partial charge in [-0.25, -0.2) is 4.39 Å². The number of likely N-dealkylation sites (tertiary alicyclic amines) is 1. The Hall–Kier alpha value is -4.11. The zero-order chi connectivity index (χ0) is 34.9. The summed E-state index contributed by atoms with van der Waals surface area (Å²) in [6.07, 6.45) is 5.74. The van der Waals surface area contributed by atoms with Crippen LogP contribution >= 0.6 is 23.2 Å². The number of benzene rings is 3. The van der Waals surface area contributed by atoms with Crippen molar-refractivity contribution in [2.24, 2.45) is 0 Å². The van der Waals surface area contributed by atoms with Gasteiger partial charge in [0.15, 0.2) is 0 Å². The van der Waals surface area contributed by atoms with Crippen LogP contribution in [0, 0.1) is 17.1 Å². The monoisotopic (exact) mass is 701 g/mol. The van der Waals surface area contributed by atoms with Crippen molar-refractivity contribution in [3.63, 3.8) is 0 Å². The minimum Gasteiger partial charge on any atom is -0.373 e. The van der Waals surface area contributed by atoms with Gasteiger partial charge in [-0.3, -0.25) is 14.9 Å². The normalized spacial score (nSPS) is 16.4. The van der Waals surface area contributed by atoms with Crippen molar-refractivity contribution in [1.29, 1.82) is 5.26 Å². The maximum Gasteiger partial charge on any atom is 0.141 e. The Bertz CT molecular complexity index is 1890. The van der Waals surface area contributed by atoms with Crippen molar-refractivity contribution in [3.8, 4) is 6.07 Å². The van der Waals surface area contributed by atoms with Crippen molar-refractivity contribution in [1.82, 2.24) is 30.8 Å². The number of hydrogen-bond acceptors (Lipinski definition) is 9. The number of anilines is 3. The molecule has 4 N–H and O–H groups in total. The Kier molecular flexibility index (Phi) is 10.2. The van der Waals surface area contributed by atoms with Gasteiger partial charge in [-0.2, -0.15) is 5.26 Å². The lowest BCUT2D eigenvalue weighted by atomic mass is 9.97. The second kappa shape index (κ2) is 14.4. The van der Waals surface area contributed by atoms with Gasteiger partial charge in [-0.05, 0) is 89.2 Å². The van der Waals surface area contributed by atoms with Crippen molar-refractivity contribution in [2.45, 2.75) is 57.8 Å². The first-order valence-electron chi connectivity index (χ1n) is 16.4. The van der Waals surface area contributed by atoms with Crippen LogP contribution in [0.1, 0.15) is 56.3 Å². The Morgan fingerprint density at radius 2 is 1.76 bits per heavy atom. The number of nitrogens with zero attached hydrogens (tertiary/aromatic N) is 5. The Morgan fingerprint density at radius 1 is 1.04 bits per heavy atom. The number of piperidine rings is 1. The molecular weight excluding hydrogens is 660 g/mol. The highest BCUT2D eigenvalue weighted by molar-refractivity contribution is 6.36. The summed E-state index contributed by atoms with van der Waals surface area (Å²) in [7, 11) is 4.11. The van der Waals surface area contributed by atoms with E-state index < -0.39 is 5.82 Å². The molecule has 3 aromatic carbocycles. The lowest BCUT2D eigenvalue weighted by Gasteiger charge is -2.42. The Morgan fingerprint density at radius 3 is 2.41 bits per heavy atom. The molecule has 6 rings (SSSR count). The fourth-order valence-corrected chi connectivity index (χ4v) is 6.92. The topological polar surface area (TPSA) is 94.5 Å². The van der Waals surface area contributed by atoms with Gasteiger partial charge in [0, 0.05) is 60.4 Å². The number of hydrogen-bond donors (Lipinski definition) is 4. The molecule has 0 amide bonds. The summed E-state index contributed by atoms with van der Waals surface area (Å²) in [5.41, 5.74) is 12.8. The first kappa shape index (κ1) is 34.7. The van der Waals surface area contributed by atoms with Crippen LogP contribution in [0.5, 0.6) is 0 Å². The Balaban J connectivity index is 1.35. The average molecular weight is 703 g/mol. The lowest BCUT2D eigenvalue weighted by molar-refractivity contribution is 0.0570. The van der Waals surface area contributed by atoms with Crippen LogP contribution in [0.4, 0.5) is 21.5 Å². The minimum absolute atomic E-state index is 0.0264. The van der Waals surface area contributed by atoms with Gasteiger partial charge in [0.25, 0.3) is 0 Å². The number of rotatable bonds is 9. The molecule has 9 nitrogen and oxygen atoms in total. The second-order valence-electron chi connectivity index (χ2n) is 13.9. The van der Waals surface area contributed by atoms with E-state index in [1.165, 1.54) is 23.9 Å². The largest absolute Gasteiger partial charge is 0.373 e. The molecule has 2 aliphatic heterocycles. The predicted octanol–water partition coefficient (Wildman–Crippen LogP) is 7.94. The molecule has 1 saturated heterocycles. The summed E-state index contributed by atoms with van der Waals surface area (Å²) >= 11 is 12.9. The van der Waals surface area contributed by atoms with E-state index in [0.717, 1.165) is 49.4 Å². The van der Waals surface area contributed by atoms with Crippen molar-refractivity contribution < 1.29 is 4.39 Å². The molecule has 0 unspecified atom stereocenters. The van der Waals surface area contributed by atoms with Gasteiger partial charge in [0.2, 0.25) is 0 Å². The second-order valence-corrected chi connectivity index (χ2v) is 14.8. The minimum atomic E-state index is -0.527. The van der Waals surface area contributed by atoms with E-state index in [0.29, 0.717) is 38.9 Å². The maximum atomic E-state index is 13.9. The summed E-state index contributed by atoms with van der Waals surface area (Å²) in [4.78, 5) is 9.19. The van der Waals surface area contributed by atoms with E-state index in [2.05, 4.69) is 113 Å². The third kappa shape index (κ3) is 7.88. The molecule has 0 saturated carbocycles. The SMILES string of the molecule is CN(C)Cc1ccc([C@H](Nc2cc(Cl)c3ncc(C#N)c(Nc4ccc(F)c(Cl)c4)c3c2)C2=CN(C3CCN(C(C)(C)C)CC3)NN2)cc1. The smallest absolute Gasteiger partial charge is 0.141 e. The van der Waals surface area contributed by atoms with Crippen LogP contribution in [-0.2, 0) is 6.54 Å². The van der Waals surface area contributed by atoms with E-state index in [1.54, 1.807) is 6.07 Å². The number of nitriles is 1. The zero-order valence-corrected chi connectivity index (χ0v) is 29.9.